The van der Waals surface area contributed by atoms with E-state index in [0.29, 0.717) is 17.1 Å². The lowest BCUT2D eigenvalue weighted by Crippen LogP contribution is -2.13. The number of hydrogen-bond acceptors (Lipinski definition) is 5. The van der Waals surface area contributed by atoms with E-state index in [9.17, 15) is 4.79 Å². The second-order valence-corrected chi connectivity index (χ2v) is 4.43. The van der Waals surface area contributed by atoms with Gasteiger partial charge in [-0.3, -0.25) is 0 Å². The van der Waals surface area contributed by atoms with Gasteiger partial charge in [0.2, 0.25) is 0 Å². The number of nitrogens with zero attached hydrogens (tertiary/aromatic N) is 1. The minimum absolute atomic E-state index is 0.0307. The van der Waals surface area contributed by atoms with Crippen LogP contribution in [0.2, 0.25) is 0 Å². The lowest BCUT2D eigenvalue weighted by atomic mass is 10.1. The molecule has 0 saturated carbocycles. The molecule has 0 spiro atoms. The number of ether oxygens (including phenoxy) is 1. The molecule has 104 valence electrons. The predicted octanol–water partition coefficient (Wildman–Crippen LogP) is 2.62. The Bertz CT molecular complexity index is 614. The van der Waals surface area contributed by atoms with Crippen molar-refractivity contribution in [3.63, 3.8) is 0 Å². The highest BCUT2D eigenvalue weighted by atomic mass is 16.5. The van der Waals surface area contributed by atoms with Crippen LogP contribution in [0.3, 0.4) is 0 Å². The average Bonchev–Trinajstić information content (AvgIpc) is 2.47. The molecule has 0 amide bonds. The Hall–Kier alpha value is -2.56. The van der Waals surface area contributed by atoms with Crippen LogP contribution < -0.4 is 11.1 Å². The van der Waals surface area contributed by atoms with Gasteiger partial charge in [-0.25, -0.2) is 9.78 Å². The molecule has 1 atom stereocenters. The third kappa shape index (κ3) is 3.06. The minimum Gasteiger partial charge on any atom is -0.465 e. The number of nitrogen functional groups attached to an aromatic ring is 1. The van der Waals surface area contributed by atoms with Gasteiger partial charge in [0.1, 0.15) is 11.4 Å². The lowest BCUT2D eigenvalue weighted by molar-refractivity contribution is 0.0601. The molecular weight excluding hydrogens is 254 g/mol. The summed E-state index contributed by atoms with van der Waals surface area (Å²) >= 11 is 0. The molecule has 0 radical (unpaired) electrons. The molecule has 1 aromatic carbocycles. The molecule has 3 N–H and O–H groups in total. The van der Waals surface area contributed by atoms with E-state index in [0.717, 1.165) is 5.56 Å². The summed E-state index contributed by atoms with van der Waals surface area (Å²) in [5, 5.41) is 3.20. The van der Waals surface area contributed by atoms with Crippen molar-refractivity contribution in [3.8, 4) is 0 Å². The van der Waals surface area contributed by atoms with Gasteiger partial charge < -0.3 is 15.8 Å². The summed E-state index contributed by atoms with van der Waals surface area (Å²) < 4.78 is 4.74. The Labute approximate surface area is 117 Å². The number of rotatable bonds is 4. The Kier molecular flexibility index (Phi) is 4.20. The Balaban J connectivity index is 2.24. The molecule has 0 fully saturated rings. The van der Waals surface area contributed by atoms with E-state index in [2.05, 4.69) is 10.3 Å². The van der Waals surface area contributed by atoms with Crippen LogP contribution >= 0.6 is 0 Å². The van der Waals surface area contributed by atoms with Gasteiger partial charge in [0.05, 0.1) is 13.2 Å². The van der Waals surface area contributed by atoms with Gasteiger partial charge in [0.25, 0.3) is 0 Å². The molecule has 5 nitrogen and oxygen atoms in total. The predicted molar refractivity (Wildman–Crippen MR) is 78.5 cm³/mol. The molecule has 20 heavy (non-hydrogen) atoms. The smallest absolute Gasteiger partial charge is 0.341 e. The fraction of sp³-hybridized carbons (Fsp3) is 0.200. The number of benzene rings is 1. The van der Waals surface area contributed by atoms with Crippen molar-refractivity contribution in [1.82, 2.24) is 4.98 Å². The number of methoxy groups -OCH3 is 1. The molecule has 0 aliphatic rings. The molecule has 0 saturated heterocycles. The molecule has 2 rings (SSSR count). The fourth-order valence-corrected chi connectivity index (χ4v) is 1.91. The topological polar surface area (TPSA) is 77.2 Å². The number of carbonyl (C=O) groups is 1. The quantitative estimate of drug-likeness (QED) is 0.660. The first-order valence-electron chi connectivity index (χ1n) is 6.27. The van der Waals surface area contributed by atoms with E-state index in [1.165, 1.54) is 7.11 Å². The van der Waals surface area contributed by atoms with E-state index in [1.54, 1.807) is 18.3 Å². The van der Waals surface area contributed by atoms with Crippen LogP contribution in [0.5, 0.6) is 0 Å². The molecular formula is C15H17N3O2. The van der Waals surface area contributed by atoms with Gasteiger partial charge in [-0.1, -0.05) is 12.1 Å². The largest absolute Gasteiger partial charge is 0.465 e. The maximum atomic E-state index is 11.7. The van der Waals surface area contributed by atoms with Gasteiger partial charge in [0, 0.05) is 11.9 Å². The van der Waals surface area contributed by atoms with Gasteiger partial charge in [-0.15, -0.1) is 0 Å². The number of carbonyl (C=O) groups excluding carboxylic acids is 1. The zero-order valence-corrected chi connectivity index (χ0v) is 11.5. The highest BCUT2D eigenvalue weighted by Gasteiger charge is 2.15. The number of pyridine rings is 1. The summed E-state index contributed by atoms with van der Waals surface area (Å²) in [5.41, 5.74) is 7.90. The van der Waals surface area contributed by atoms with E-state index in [1.807, 2.05) is 31.2 Å². The van der Waals surface area contributed by atoms with Gasteiger partial charge in [-0.2, -0.15) is 0 Å². The standard InChI is InChI=1S/C15H17N3O2/c1-10(11-5-3-6-12(16)9-11)18-14-13(15(19)20-2)7-4-8-17-14/h3-10H,16H2,1-2H3,(H,17,18). The van der Waals surface area contributed by atoms with E-state index in [4.69, 9.17) is 10.5 Å². The number of aromatic nitrogens is 1. The number of nitrogens with one attached hydrogen (secondary N) is 1. The number of esters is 1. The second kappa shape index (κ2) is 6.06. The molecule has 1 heterocycles. The molecule has 5 heteroatoms. The molecule has 1 unspecified atom stereocenters. The molecule has 2 aromatic rings. The molecule has 1 aromatic heterocycles. The van der Waals surface area contributed by atoms with Crippen molar-refractivity contribution in [1.29, 1.82) is 0 Å². The summed E-state index contributed by atoms with van der Waals surface area (Å²) in [5.74, 6) is 0.0784. The number of nitrogens with two attached hydrogens (primary N) is 1. The summed E-state index contributed by atoms with van der Waals surface area (Å²) in [6, 6.07) is 10.9. The zero-order valence-electron chi connectivity index (χ0n) is 11.5. The third-order valence-electron chi connectivity index (χ3n) is 2.98. The monoisotopic (exact) mass is 271 g/mol. The van der Waals surface area contributed by atoms with Crippen LogP contribution in [0.1, 0.15) is 28.9 Å². The van der Waals surface area contributed by atoms with Crippen molar-refractivity contribution < 1.29 is 9.53 Å². The van der Waals surface area contributed by atoms with Crippen LogP contribution in [0.15, 0.2) is 42.6 Å². The van der Waals surface area contributed by atoms with Gasteiger partial charge in [0.15, 0.2) is 0 Å². The summed E-state index contributed by atoms with van der Waals surface area (Å²) in [6.45, 7) is 1.98. The average molecular weight is 271 g/mol. The second-order valence-electron chi connectivity index (χ2n) is 4.43. The van der Waals surface area contributed by atoms with Crippen LogP contribution in [-0.4, -0.2) is 18.1 Å². The number of anilines is 2. The first-order chi connectivity index (χ1) is 9.61. The summed E-state index contributed by atoms with van der Waals surface area (Å²) in [6.07, 6.45) is 1.63. The van der Waals surface area contributed by atoms with Crippen molar-refractivity contribution in [2.24, 2.45) is 0 Å². The van der Waals surface area contributed by atoms with E-state index in [-0.39, 0.29) is 6.04 Å². The minimum atomic E-state index is -0.416. The molecule has 0 bridgehead atoms. The maximum Gasteiger partial charge on any atom is 0.341 e. The van der Waals surface area contributed by atoms with Gasteiger partial charge in [-0.05, 0) is 36.8 Å². The van der Waals surface area contributed by atoms with E-state index >= 15 is 0 Å². The summed E-state index contributed by atoms with van der Waals surface area (Å²) in [7, 11) is 1.35. The van der Waals surface area contributed by atoms with Crippen molar-refractivity contribution in [3.05, 3.63) is 53.7 Å². The van der Waals surface area contributed by atoms with Crippen molar-refractivity contribution in [2.45, 2.75) is 13.0 Å². The lowest BCUT2D eigenvalue weighted by Gasteiger charge is -2.17. The number of hydrogen-bond donors (Lipinski definition) is 2. The Morgan fingerprint density at radius 3 is 2.85 bits per heavy atom. The maximum absolute atomic E-state index is 11.7. The fourth-order valence-electron chi connectivity index (χ4n) is 1.91. The first-order valence-corrected chi connectivity index (χ1v) is 6.27. The Morgan fingerprint density at radius 1 is 1.35 bits per heavy atom. The van der Waals surface area contributed by atoms with Crippen LogP contribution in [0.4, 0.5) is 11.5 Å². The highest BCUT2D eigenvalue weighted by Crippen LogP contribution is 2.22. The van der Waals surface area contributed by atoms with Gasteiger partial charge >= 0.3 is 5.97 Å². The highest BCUT2D eigenvalue weighted by molar-refractivity contribution is 5.94. The van der Waals surface area contributed by atoms with E-state index < -0.39 is 5.97 Å². The SMILES string of the molecule is COC(=O)c1cccnc1NC(C)c1cccc(N)c1. The zero-order chi connectivity index (χ0) is 14.5. The van der Waals surface area contributed by atoms with Crippen LogP contribution in [-0.2, 0) is 4.74 Å². The van der Waals surface area contributed by atoms with Crippen molar-refractivity contribution >= 4 is 17.5 Å². The molecule has 0 aliphatic heterocycles. The summed E-state index contributed by atoms with van der Waals surface area (Å²) in [4.78, 5) is 15.9. The van der Waals surface area contributed by atoms with Crippen molar-refractivity contribution in [2.75, 3.05) is 18.2 Å². The van der Waals surface area contributed by atoms with Crippen LogP contribution in [0.25, 0.3) is 0 Å². The van der Waals surface area contributed by atoms with Crippen LogP contribution in [0, 0.1) is 0 Å². The molecule has 0 aliphatic carbocycles. The third-order valence-corrected chi connectivity index (χ3v) is 2.98. The Morgan fingerprint density at radius 2 is 2.15 bits per heavy atom. The normalized spacial score (nSPS) is 11.7. The first kappa shape index (κ1) is 13.9.